The number of alkyl halides is 3. The summed E-state index contributed by atoms with van der Waals surface area (Å²) in [6.45, 7) is 1.62. The highest BCUT2D eigenvalue weighted by molar-refractivity contribution is 5.63. The third-order valence-corrected chi connectivity index (χ3v) is 2.66. The molecule has 0 aliphatic heterocycles. The van der Waals surface area contributed by atoms with Crippen LogP contribution in [0.5, 0.6) is 0 Å². The number of hydrogen-bond donors (Lipinski definition) is 1. The van der Waals surface area contributed by atoms with Crippen molar-refractivity contribution in [3.63, 3.8) is 0 Å². The fraction of sp³-hybridized carbons (Fsp3) is 0.231. The van der Waals surface area contributed by atoms with Crippen LogP contribution in [0.2, 0.25) is 0 Å². The zero-order valence-electron chi connectivity index (χ0n) is 10.7. The number of nitrogens with zero attached hydrogens (tertiary/aromatic N) is 2. The Balaban J connectivity index is 2.56. The highest BCUT2D eigenvalue weighted by Crippen LogP contribution is 2.34. The second kappa shape index (κ2) is 5.07. The monoisotopic (exact) mass is 285 g/mol. The van der Waals surface area contributed by atoms with Crippen LogP contribution in [0.3, 0.4) is 0 Å². The molecule has 0 fully saturated rings. The van der Waals surface area contributed by atoms with Crippen molar-refractivity contribution < 1.29 is 17.6 Å². The van der Waals surface area contributed by atoms with Gasteiger partial charge in [-0.1, -0.05) is 0 Å². The molecular weight excluding hydrogens is 274 g/mol. The van der Waals surface area contributed by atoms with Crippen molar-refractivity contribution in [1.29, 1.82) is 0 Å². The van der Waals surface area contributed by atoms with Gasteiger partial charge in [-0.15, -0.1) is 0 Å². The number of anilines is 1. The van der Waals surface area contributed by atoms with E-state index in [1.54, 1.807) is 14.0 Å². The van der Waals surface area contributed by atoms with E-state index >= 15 is 0 Å². The Morgan fingerprint density at radius 1 is 1.10 bits per heavy atom. The van der Waals surface area contributed by atoms with Crippen LogP contribution in [0.4, 0.5) is 23.4 Å². The van der Waals surface area contributed by atoms with E-state index in [2.05, 4.69) is 15.3 Å². The zero-order valence-corrected chi connectivity index (χ0v) is 10.7. The topological polar surface area (TPSA) is 37.8 Å². The summed E-state index contributed by atoms with van der Waals surface area (Å²) < 4.78 is 51.3. The molecule has 0 aliphatic carbocycles. The van der Waals surface area contributed by atoms with Crippen LogP contribution >= 0.6 is 0 Å². The lowest BCUT2D eigenvalue weighted by Gasteiger charge is -2.11. The fourth-order valence-corrected chi connectivity index (χ4v) is 1.75. The summed E-state index contributed by atoms with van der Waals surface area (Å²) in [4.78, 5) is 8.11. The quantitative estimate of drug-likeness (QED) is 0.856. The molecule has 106 valence electrons. The number of nitrogens with one attached hydrogen (secondary N) is 1. The average Bonchev–Trinajstić information content (AvgIpc) is 2.37. The molecule has 1 N–H and O–H groups in total. The minimum absolute atomic E-state index is 0.181. The Morgan fingerprint density at radius 2 is 1.80 bits per heavy atom. The summed E-state index contributed by atoms with van der Waals surface area (Å²) in [5.41, 5.74) is -0.828. The molecule has 0 saturated carbocycles. The van der Waals surface area contributed by atoms with Crippen molar-refractivity contribution in [3.8, 4) is 11.3 Å². The first-order valence-corrected chi connectivity index (χ1v) is 5.72. The Morgan fingerprint density at radius 3 is 2.40 bits per heavy atom. The molecule has 7 heteroatoms. The molecule has 1 aromatic heterocycles. The van der Waals surface area contributed by atoms with Crippen LogP contribution in [0.25, 0.3) is 11.3 Å². The van der Waals surface area contributed by atoms with Crippen molar-refractivity contribution >= 4 is 5.82 Å². The van der Waals surface area contributed by atoms with Crippen molar-refractivity contribution in [2.45, 2.75) is 13.1 Å². The maximum Gasteiger partial charge on any atom is 0.419 e. The Labute approximate surface area is 112 Å². The van der Waals surface area contributed by atoms with Gasteiger partial charge in [0.05, 0.1) is 11.3 Å². The molecule has 0 atom stereocenters. The van der Waals surface area contributed by atoms with Crippen molar-refractivity contribution in [2.24, 2.45) is 0 Å². The van der Waals surface area contributed by atoms with Crippen LogP contribution in [0, 0.1) is 12.7 Å². The first-order valence-electron chi connectivity index (χ1n) is 5.72. The number of aromatic nitrogens is 2. The van der Waals surface area contributed by atoms with E-state index in [4.69, 9.17) is 0 Å². The predicted octanol–water partition coefficient (Wildman–Crippen LogP) is 3.65. The lowest BCUT2D eigenvalue weighted by atomic mass is 10.1. The Bertz CT molecular complexity index is 638. The number of rotatable bonds is 2. The summed E-state index contributed by atoms with van der Waals surface area (Å²) in [5, 5.41) is 2.79. The van der Waals surface area contributed by atoms with Crippen LogP contribution in [0.1, 0.15) is 11.4 Å². The highest BCUT2D eigenvalue weighted by atomic mass is 19.4. The van der Waals surface area contributed by atoms with Gasteiger partial charge in [-0.25, -0.2) is 14.4 Å². The van der Waals surface area contributed by atoms with Crippen molar-refractivity contribution in [2.75, 3.05) is 12.4 Å². The van der Waals surface area contributed by atoms with Gasteiger partial charge in [0, 0.05) is 18.7 Å². The third-order valence-electron chi connectivity index (χ3n) is 2.66. The van der Waals surface area contributed by atoms with Crippen molar-refractivity contribution in [3.05, 3.63) is 41.5 Å². The maximum absolute atomic E-state index is 13.2. The molecule has 0 saturated heterocycles. The summed E-state index contributed by atoms with van der Waals surface area (Å²) in [6.07, 6.45) is -4.74. The molecule has 0 spiro atoms. The second-order valence-corrected chi connectivity index (χ2v) is 4.13. The molecule has 0 bridgehead atoms. The summed E-state index contributed by atoms with van der Waals surface area (Å²) >= 11 is 0. The smallest absolute Gasteiger partial charge is 0.373 e. The lowest BCUT2D eigenvalue weighted by Crippen LogP contribution is -2.08. The minimum atomic E-state index is -4.74. The Kier molecular flexibility index (Phi) is 3.61. The number of hydrogen-bond acceptors (Lipinski definition) is 3. The van der Waals surface area contributed by atoms with E-state index in [0.717, 1.165) is 12.1 Å². The van der Waals surface area contributed by atoms with Gasteiger partial charge in [-0.05, 0) is 25.1 Å². The molecule has 2 aromatic rings. The summed E-state index contributed by atoms with van der Waals surface area (Å²) in [7, 11) is 1.64. The van der Waals surface area contributed by atoms with Gasteiger partial charge in [0.15, 0.2) is 0 Å². The second-order valence-electron chi connectivity index (χ2n) is 4.13. The molecule has 0 unspecified atom stereocenters. The molecule has 2 rings (SSSR count). The molecule has 0 radical (unpaired) electrons. The first kappa shape index (κ1) is 14.2. The molecule has 20 heavy (non-hydrogen) atoms. The van der Waals surface area contributed by atoms with Crippen LogP contribution in [-0.2, 0) is 6.18 Å². The number of aryl methyl sites for hydroxylation is 1. The van der Waals surface area contributed by atoms with Crippen LogP contribution in [0.15, 0.2) is 24.3 Å². The molecular formula is C13H11F4N3. The summed E-state index contributed by atoms with van der Waals surface area (Å²) in [6, 6.07) is 4.29. The van der Waals surface area contributed by atoms with E-state index < -0.39 is 17.6 Å². The first-order chi connectivity index (χ1) is 9.31. The van der Waals surface area contributed by atoms with Gasteiger partial charge < -0.3 is 5.32 Å². The SMILES string of the molecule is CNc1cc(-c2ccc(F)c(C(F)(F)F)c2)nc(C)n1. The predicted molar refractivity (Wildman–Crippen MR) is 66.7 cm³/mol. The molecule has 1 aromatic carbocycles. The normalized spacial score (nSPS) is 11.5. The van der Waals surface area contributed by atoms with E-state index in [9.17, 15) is 17.6 Å². The fourth-order valence-electron chi connectivity index (χ4n) is 1.75. The van der Waals surface area contributed by atoms with E-state index in [0.29, 0.717) is 17.3 Å². The Hall–Kier alpha value is -2.18. The van der Waals surface area contributed by atoms with Crippen LogP contribution in [-0.4, -0.2) is 17.0 Å². The maximum atomic E-state index is 13.2. The molecule has 3 nitrogen and oxygen atoms in total. The molecule has 0 aliphatic rings. The number of benzene rings is 1. The molecule has 0 amide bonds. The van der Waals surface area contributed by atoms with Gasteiger partial charge in [-0.3, -0.25) is 0 Å². The van der Waals surface area contributed by atoms with Crippen molar-refractivity contribution in [1.82, 2.24) is 9.97 Å². The minimum Gasteiger partial charge on any atom is -0.373 e. The average molecular weight is 285 g/mol. The zero-order chi connectivity index (χ0) is 14.9. The standard InChI is InChI=1S/C13H11F4N3/c1-7-19-11(6-12(18-2)20-7)8-3-4-10(14)9(5-8)13(15,16)17/h3-6H,1-2H3,(H,18,19,20). The van der Waals surface area contributed by atoms with Gasteiger partial charge >= 0.3 is 6.18 Å². The number of halogens is 4. The van der Waals surface area contributed by atoms with Gasteiger partial charge in [-0.2, -0.15) is 13.2 Å². The highest BCUT2D eigenvalue weighted by Gasteiger charge is 2.34. The molecule has 1 heterocycles. The van der Waals surface area contributed by atoms with Gasteiger partial charge in [0.25, 0.3) is 0 Å². The van der Waals surface area contributed by atoms with E-state index in [-0.39, 0.29) is 5.56 Å². The van der Waals surface area contributed by atoms with Gasteiger partial charge in [0.2, 0.25) is 0 Å². The van der Waals surface area contributed by atoms with E-state index in [1.807, 2.05) is 0 Å². The third kappa shape index (κ3) is 2.87. The lowest BCUT2D eigenvalue weighted by molar-refractivity contribution is -0.139. The van der Waals surface area contributed by atoms with Gasteiger partial charge in [0.1, 0.15) is 17.5 Å². The van der Waals surface area contributed by atoms with Crippen LogP contribution < -0.4 is 5.32 Å². The summed E-state index contributed by atoms with van der Waals surface area (Å²) in [5.74, 6) is -0.420. The van der Waals surface area contributed by atoms with E-state index in [1.165, 1.54) is 12.1 Å². The largest absolute Gasteiger partial charge is 0.419 e.